The number of hydrogen-bond acceptors (Lipinski definition) is 4. The van der Waals surface area contributed by atoms with Crippen molar-refractivity contribution in [2.75, 3.05) is 32.8 Å². The molecule has 0 aromatic heterocycles. The molecule has 2 heterocycles. The lowest BCUT2D eigenvalue weighted by molar-refractivity contribution is -0.142. The van der Waals surface area contributed by atoms with Crippen LogP contribution in [-0.4, -0.2) is 60.4 Å². The van der Waals surface area contributed by atoms with Crippen LogP contribution in [0.25, 0.3) is 0 Å². The first-order valence-corrected chi connectivity index (χ1v) is 10.5. The van der Waals surface area contributed by atoms with E-state index in [1.54, 1.807) is 0 Å². The van der Waals surface area contributed by atoms with Crippen LogP contribution in [0.3, 0.4) is 0 Å². The van der Waals surface area contributed by atoms with Crippen molar-refractivity contribution < 1.29 is 14.3 Å². The van der Waals surface area contributed by atoms with Gasteiger partial charge in [0.05, 0.1) is 13.0 Å². The van der Waals surface area contributed by atoms with E-state index in [1.807, 2.05) is 40.1 Å². The second-order valence-electron chi connectivity index (χ2n) is 8.09. The zero-order valence-electron chi connectivity index (χ0n) is 17.3. The third kappa shape index (κ3) is 6.61. The van der Waals surface area contributed by atoms with Crippen LogP contribution in [0.4, 0.5) is 0 Å². The van der Waals surface area contributed by atoms with Gasteiger partial charge in [-0.2, -0.15) is 0 Å². The van der Waals surface area contributed by atoms with Crippen LogP contribution in [-0.2, 0) is 9.59 Å². The van der Waals surface area contributed by atoms with Crippen molar-refractivity contribution in [1.82, 2.24) is 9.80 Å². The normalized spacial score (nSPS) is 19.4. The van der Waals surface area contributed by atoms with Crippen molar-refractivity contribution >= 4 is 24.2 Å². The number of ether oxygens (including phenoxy) is 1. The molecule has 162 valence electrons. The lowest BCUT2D eigenvalue weighted by Crippen LogP contribution is -2.48. The molecule has 0 saturated carbocycles. The summed E-state index contributed by atoms with van der Waals surface area (Å²) in [4.78, 5) is 29.1. The molecule has 1 aromatic rings. The van der Waals surface area contributed by atoms with Crippen molar-refractivity contribution in [3.63, 3.8) is 0 Å². The van der Waals surface area contributed by atoms with Gasteiger partial charge in [-0.1, -0.05) is 18.2 Å². The van der Waals surface area contributed by atoms with Gasteiger partial charge in [0, 0.05) is 38.1 Å². The lowest BCUT2D eigenvalue weighted by Gasteiger charge is -2.38. The van der Waals surface area contributed by atoms with Crippen LogP contribution < -0.4 is 10.5 Å². The second-order valence-corrected chi connectivity index (χ2v) is 8.09. The number of rotatable bonds is 6. The predicted octanol–water partition coefficient (Wildman–Crippen LogP) is 2.70. The second kappa shape index (κ2) is 11.4. The summed E-state index contributed by atoms with van der Waals surface area (Å²) >= 11 is 0. The number of halogens is 1. The topological polar surface area (TPSA) is 75.9 Å². The number of amides is 2. The number of benzene rings is 1. The van der Waals surface area contributed by atoms with Crippen LogP contribution >= 0.6 is 12.4 Å². The molecule has 0 spiro atoms. The summed E-state index contributed by atoms with van der Waals surface area (Å²) in [6, 6.07) is 9.75. The van der Waals surface area contributed by atoms with Crippen LogP contribution in [0, 0.1) is 11.8 Å². The maximum Gasteiger partial charge on any atom is 0.225 e. The third-order valence-electron chi connectivity index (χ3n) is 6.12. The Kier molecular flexibility index (Phi) is 9.24. The van der Waals surface area contributed by atoms with E-state index in [4.69, 9.17) is 10.5 Å². The SMILES string of the molecule is CC(N)C1CCN(C(=O)C2CCN(C(=O)CCOc3ccccc3)CC2)CC1.Cl. The predicted molar refractivity (Wildman–Crippen MR) is 116 cm³/mol. The van der Waals surface area contributed by atoms with E-state index in [2.05, 4.69) is 6.92 Å². The van der Waals surface area contributed by atoms with Crippen LogP contribution in [0.2, 0.25) is 0 Å². The fraction of sp³-hybridized carbons (Fsp3) is 0.636. The first kappa shape index (κ1) is 23.5. The number of hydrogen-bond donors (Lipinski definition) is 1. The Morgan fingerprint density at radius 3 is 2.21 bits per heavy atom. The molecule has 0 bridgehead atoms. The molecule has 2 saturated heterocycles. The molecule has 2 aliphatic heterocycles. The minimum Gasteiger partial charge on any atom is -0.493 e. The molecule has 1 aromatic carbocycles. The van der Waals surface area contributed by atoms with Crippen molar-refractivity contribution in [3.05, 3.63) is 30.3 Å². The van der Waals surface area contributed by atoms with Gasteiger partial charge in [-0.3, -0.25) is 9.59 Å². The summed E-state index contributed by atoms with van der Waals surface area (Å²) in [7, 11) is 0. The van der Waals surface area contributed by atoms with Gasteiger partial charge in [-0.05, 0) is 50.7 Å². The summed E-state index contributed by atoms with van der Waals surface area (Å²) in [6.07, 6.45) is 3.90. The van der Waals surface area contributed by atoms with Crippen molar-refractivity contribution in [2.45, 2.75) is 45.1 Å². The Hall–Kier alpha value is -1.79. The van der Waals surface area contributed by atoms with E-state index in [0.29, 0.717) is 32.0 Å². The maximum absolute atomic E-state index is 12.8. The molecule has 7 heteroatoms. The smallest absolute Gasteiger partial charge is 0.225 e. The molecular formula is C22H34ClN3O3. The minimum atomic E-state index is 0. The summed E-state index contributed by atoms with van der Waals surface area (Å²) in [5, 5.41) is 0. The van der Waals surface area contributed by atoms with E-state index in [9.17, 15) is 9.59 Å². The van der Waals surface area contributed by atoms with Gasteiger partial charge in [-0.25, -0.2) is 0 Å². The molecule has 2 amide bonds. The molecule has 2 aliphatic rings. The lowest BCUT2D eigenvalue weighted by atomic mass is 9.89. The summed E-state index contributed by atoms with van der Waals surface area (Å²) < 4.78 is 5.61. The number of likely N-dealkylation sites (tertiary alicyclic amines) is 2. The molecule has 6 nitrogen and oxygen atoms in total. The highest BCUT2D eigenvalue weighted by molar-refractivity contribution is 5.85. The van der Waals surface area contributed by atoms with Crippen LogP contribution in [0.1, 0.15) is 39.0 Å². The fourth-order valence-electron chi connectivity index (χ4n) is 4.21. The average molecular weight is 424 g/mol. The number of carbonyl (C=O) groups is 2. The molecule has 0 radical (unpaired) electrons. The number of piperidine rings is 2. The molecular weight excluding hydrogens is 390 g/mol. The number of carbonyl (C=O) groups excluding carboxylic acids is 2. The number of para-hydroxylation sites is 1. The molecule has 2 fully saturated rings. The Morgan fingerprint density at radius 2 is 1.62 bits per heavy atom. The number of nitrogens with zero attached hydrogens (tertiary/aromatic N) is 2. The van der Waals surface area contributed by atoms with Gasteiger partial charge in [0.1, 0.15) is 5.75 Å². The van der Waals surface area contributed by atoms with Crippen LogP contribution in [0.5, 0.6) is 5.75 Å². The Balaban J connectivity index is 0.00000300. The quantitative estimate of drug-likeness (QED) is 0.763. The Morgan fingerprint density at radius 1 is 1.03 bits per heavy atom. The molecule has 1 unspecified atom stereocenters. The van der Waals surface area contributed by atoms with Crippen molar-refractivity contribution in [2.24, 2.45) is 17.6 Å². The first-order chi connectivity index (χ1) is 13.5. The first-order valence-electron chi connectivity index (χ1n) is 10.5. The molecule has 29 heavy (non-hydrogen) atoms. The largest absolute Gasteiger partial charge is 0.493 e. The van der Waals surface area contributed by atoms with E-state index in [0.717, 1.165) is 44.5 Å². The van der Waals surface area contributed by atoms with E-state index < -0.39 is 0 Å². The molecule has 2 N–H and O–H groups in total. The standard InChI is InChI=1S/C22H33N3O3.ClH/c1-17(23)18-7-14-25(15-8-18)22(27)19-9-12-24(13-10-19)21(26)11-16-28-20-5-3-2-4-6-20;/h2-6,17-19H,7-16,23H2,1H3;1H. The van der Waals surface area contributed by atoms with Gasteiger partial charge in [0.15, 0.2) is 0 Å². The minimum absolute atomic E-state index is 0. The fourth-order valence-corrected chi connectivity index (χ4v) is 4.21. The van der Waals surface area contributed by atoms with Gasteiger partial charge >= 0.3 is 0 Å². The van der Waals surface area contributed by atoms with Gasteiger partial charge < -0.3 is 20.3 Å². The van der Waals surface area contributed by atoms with E-state index >= 15 is 0 Å². The van der Waals surface area contributed by atoms with E-state index in [1.165, 1.54) is 0 Å². The monoisotopic (exact) mass is 423 g/mol. The zero-order chi connectivity index (χ0) is 19.9. The Labute approximate surface area is 180 Å². The van der Waals surface area contributed by atoms with E-state index in [-0.39, 0.29) is 36.2 Å². The average Bonchev–Trinajstić information content (AvgIpc) is 2.74. The summed E-state index contributed by atoms with van der Waals surface area (Å²) in [5.74, 6) is 1.74. The Bertz CT molecular complexity index is 640. The molecule has 1 atom stereocenters. The van der Waals surface area contributed by atoms with Crippen molar-refractivity contribution in [1.29, 1.82) is 0 Å². The molecule has 0 aliphatic carbocycles. The summed E-state index contributed by atoms with van der Waals surface area (Å²) in [6.45, 7) is 5.41. The summed E-state index contributed by atoms with van der Waals surface area (Å²) in [5.41, 5.74) is 5.99. The van der Waals surface area contributed by atoms with Gasteiger partial charge in [0.25, 0.3) is 0 Å². The highest BCUT2D eigenvalue weighted by atomic mass is 35.5. The maximum atomic E-state index is 12.8. The van der Waals surface area contributed by atoms with Gasteiger partial charge in [-0.15, -0.1) is 12.4 Å². The highest BCUT2D eigenvalue weighted by Crippen LogP contribution is 2.25. The number of nitrogens with two attached hydrogens (primary N) is 1. The van der Waals surface area contributed by atoms with Crippen molar-refractivity contribution in [3.8, 4) is 5.75 Å². The third-order valence-corrected chi connectivity index (χ3v) is 6.12. The van der Waals surface area contributed by atoms with Crippen LogP contribution in [0.15, 0.2) is 30.3 Å². The molecule has 3 rings (SSSR count). The highest BCUT2D eigenvalue weighted by Gasteiger charge is 2.32. The van der Waals surface area contributed by atoms with Gasteiger partial charge in [0.2, 0.25) is 11.8 Å². The zero-order valence-corrected chi connectivity index (χ0v) is 18.1.